The molecule has 0 bridgehead atoms. The van der Waals surface area contributed by atoms with Gasteiger partial charge in [-0.2, -0.15) is 0 Å². The Balaban J connectivity index is 2.46. The number of rotatable bonds is 1. The number of nitrogens with two attached hydrogens (primary N) is 2. The van der Waals surface area contributed by atoms with Gasteiger partial charge in [0.1, 0.15) is 12.4 Å². The quantitative estimate of drug-likeness (QED) is 0.659. The zero-order chi connectivity index (χ0) is 10.1. The van der Waals surface area contributed by atoms with Gasteiger partial charge in [0, 0.05) is 6.04 Å². The lowest BCUT2D eigenvalue weighted by atomic mass is 10.00. The first-order chi connectivity index (χ1) is 6.68. The normalized spacial score (nSPS) is 19.6. The maximum atomic E-state index is 11.1. The van der Waals surface area contributed by atoms with E-state index in [1.807, 2.05) is 6.07 Å². The molecule has 4 N–H and O–H groups in total. The second kappa shape index (κ2) is 3.31. The van der Waals surface area contributed by atoms with Crippen LogP contribution in [0.25, 0.3) is 0 Å². The number of hydrogen-bond acceptors (Lipinski definition) is 3. The fourth-order valence-electron chi connectivity index (χ4n) is 1.64. The third-order valence-corrected chi connectivity index (χ3v) is 2.29. The fourth-order valence-corrected chi connectivity index (χ4v) is 1.64. The highest BCUT2D eigenvalue weighted by Crippen LogP contribution is 2.27. The van der Waals surface area contributed by atoms with Gasteiger partial charge in [-0.05, 0) is 18.1 Å². The first-order valence-corrected chi connectivity index (χ1v) is 4.48. The summed E-state index contributed by atoms with van der Waals surface area (Å²) < 4.78 is 5.40. The summed E-state index contributed by atoms with van der Waals surface area (Å²) in [6, 6.07) is 5.37. The van der Waals surface area contributed by atoms with E-state index >= 15 is 0 Å². The van der Waals surface area contributed by atoms with Crippen molar-refractivity contribution in [3.05, 3.63) is 29.3 Å². The van der Waals surface area contributed by atoms with Gasteiger partial charge in [-0.25, -0.2) is 0 Å². The van der Waals surface area contributed by atoms with Crippen LogP contribution in [0.4, 0.5) is 0 Å². The van der Waals surface area contributed by atoms with E-state index in [0.717, 1.165) is 12.0 Å². The van der Waals surface area contributed by atoms with Crippen molar-refractivity contribution in [3.8, 4) is 5.75 Å². The average molecular weight is 192 g/mol. The van der Waals surface area contributed by atoms with Gasteiger partial charge in [-0.1, -0.05) is 12.1 Å². The summed E-state index contributed by atoms with van der Waals surface area (Å²) in [5.74, 6) is 0.138. The Kier molecular flexibility index (Phi) is 2.13. The fraction of sp³-hybridized carbons (Fsp3) is 0.300. The highest BCUT2D eigenvalue weighted by atomic mass is 16.5. The Morgan fingerprint density at radius 1 is 1.50 bits per heavy atom. The van der Waals surface area contributed by atoms with E-state index in [2.05, 4.69) is 0 Å². The van der Waals surface area contributed by atoms with Gasteiger partial charge in [0.2, 0.25) is 0 Å². The summed E-state index contributed by atoms with van der Waals surface area (Å²) in [5.41, 5.74) is 12.4. The van der Waals surface area contributed by atoms with Crippen LogP contribution in [-0.4, -0.2) is 18.6 Å². The summed E-state index contributed by atoms with van der Waals surface area (Å²) in [6.07, 6.45) is 0.733. The third kappa shape index (κ3) is 1.44. The molecular weight excluding hydrogens is 180 g/mol. The summed E-state index contributed by atoms with van der Waals surface area (Å²) in [6.45, 7) is 0.442. The molecule has 0 fully saturated rings. The molecule has 2 rings (SSSR count). The number of amides is 1. The lowest BCUT2D eigenvalue weighted by molar-refractivity contribution is 0.0994. The van der Waals surface area contributed by atoms with E-state index < -0.39 is 5.91 Å². The van der Waals surface area contributed by atoms with Crippen molar-refractivity contribution >= 4 is 5.91 Å². The van der Waals surface area contributed by atoms with Crippen LogP contribution < -0.4 is 16.2 Å². The van der Waals surface area contributed by atoms with Gasteiger partial charge in [-0.3, -0.25) is 4.79 Å². The van der Waals surface area contributed by atoms with Crippen LogP contribution in [0.3, 0.4) is 0 Å². The van der Waals surface area contributed by atoms with Crippen LogP contribution in [0.1, 0.15) is 15.9 Å². The number of primary amides is 1. The van der Waals surface area contributed by atoms with Gasteiger partial charge < -0.3 is 16.2 Å². The molecule has 14 heavy (non-hydrogen) atoms. The second-order valence-electron chi connectivity index (χ2n) is 3.43. The Morgan fingerprint density at radius 3 is 3.00 bits per heavy atom. The summed E-state index contributed by atoms with van der Waals surface area (Å²) in [5, 5.41) is 0. The van der Waals surface area contributed by atoms with Crippen molar-refractivity contribution < 1.29 is 9.53 Å². The van der Waals surface area contributed by atoms with Crippen molar-refractivity contribution in [1.82, 2.24) is 0 Å². The second-order valence-corrected chi connectivity index (χ2v) is 3.43. The molecule has 0 spiro atoms. The molecule has 1 aromatic carbocycles. The van der Waals surface area contributed by atoms with Crippen LogP contribution in [0.2, 0.25) is 0 Å². The summed E-state index contributed by atoms with van der Waals surface area (Å²) in [4.78, 5) is 11.1. The molecule has 1 aliphatic rings. The van der Waals surface area contributed by atoms with Gasteiger partial charge in [0.15, 0.2) is 0 Å². The lowest BCUT2D eigenvalue weighted by Gasteiger charge is -2.23. The van der Waals surface area contributed by atoms with Gasteiger partial charge in [0.25, 0.3) is 5.91 Å². The molecule has 74 valence electrons. The van der Waals surface area contributed by atoms with Gasteiger partial charge in [-0.15, -0.1) is 0 Å². The number of ether oxygens (including phenoxy) is 1. The molecule has 1 amide bonds. The Labute approximate surface area is 81.8 Å². The minimum atomic E-state index is -0.461. The van der Waals surface area contributed by atoms with Crippen molar-refractivity contribution in [2.75, 3.05) is 6.61 Å². The number of benzene rings is 1. The van der Waals surface area contributed by atoms with Crippen molar-refractivity contribution in [2.24, 2.45) is 11.5 Å². The zero-order valence-electron chi connectivity index (χ0n) is 7.69. The Hall–Kier alpha value is -1.55. The number of carbonyl (C=O) groups is 1. The molecule has 0 aromatic heterocycles. The third-order valence-electron chi connectivity index (χ3n) is 2.29. The van der Waals surface area contributed by atoms with Crippen LogP contribution in [0.15, 0.2) is 18.2 Å². The van der Waals surface area contributed by atoms with E-state index in [1.54, 1.807) is 12.1 Å². The minimum absolute atomic E-state index is 0.00521. The molecule has 0 saturated carbocycles. The molecule has 1 aliphatic heterocycles. The number of fused-ring (bicyclic) bond motifs is 1. The predicted molar refractivity (Wildman–Crippen MR) is 52.1 cm³/mol. The largest absolute Gasteiger partial charge is 0.491 e. The van der Waals surface area contributed by atoms with Crippen LogP contribution in [-0.2, 0) is 6.42 Å². The van der Waals surface area contributed by atoms with E-state index in [-0.39, 0.29) is 6.04 Å². The summed E-state index contributed by atoms with van der Waals surface area (Å²) >= 11 is 0. The highest BCUT2D eigenvalue weighted by Gasteiger charge is 2.20. The van der Waals surface area contributed by atoms with Crippen LogP contribution >= 0.6 is 0 Å². The minimum Gasteiger partial charge on any atom is -0.491 e. The van der Waals surface area contributed by atoms with Crippen molar-refractivity contribution in [3.63, 3.8) is 0 Å². The standard InChI is InChI=1S/C10H12N2O2/c11-7-4-6-2-1-3-8(10(12)13)9(6)14-5-7/h1-3,7H,4-5,11H2,(H2,12,13). The smallest absolute Gasteiger partial charge is 0.252 e. The number of para-hydroxylation sites is 1. The van der Waals surface area contributed by atoms with E-state index in [4.69, 9.17) is 16.2 Å². The monoisotopic (exact) mass is 192 g/mol. The van der Waals surface area contributed by atoms with E-state index in [1.165, 1.54) is 0 Å². The Morgan fingerprint density at radius 2 is 2.29 bits per heavy atom. The van der Waals surface area contributed by atoms with E-state index in [9.17, 15) is 4.79 Å². The zero-order valence-corrected chi connectivity index (χ0v) is 7.69. The molecule has 1 aromatic rings. The first-order valence-electron chi connectivity index (χ1n) is 4.48. The first kappa shape index (κ1) is 9.02. The molecule has 1 atom stereocenters. The molecular formula is C10H12N2O2. The van der Waals surface area contributed by atoms with Crippen molar-refractivity contribution in [1.29, 1.82) is 0 Å². The maximum absolute atomic E-state index is 11.1. The highest BCUT2D eigenvalue weighted by molar-refractivity contribution is 5.96. The topological polar surface area (TPSA) is 78.3 Å². The Bertz CT molecular complexity index is 376. The van der Waals surface area contributed by atoms with Crippen LogP contribution in [0, 0.1) is 0 Å². The molecule has 4 nitrogen and oxygen atoms in total. The van der Waals surface area contributed by atoms with E-state index in [0.29, 0.717) is 17.9 Å². The molecule has 0 saturated heterocycles. The predicted octanol–water partition coefficient (Wildman–Crippen LogP) is 0.0477. The number of carbonyl (C=O) groups excluding carboxylic acids is 1. The van der Waals surface area contributed by atoms with Gasteiger partial charge in [0.05, 0.1) is 5.56 Å². The average Bonchev–Trinajstić information content (AvgIpc) is 2.16. The van der Waals surface area contributed by atoms with Crippen LogP contribution in [0.5, 0.6) is 5.75 Å². The molecule has 1 unspecified atom stereocenters. The number of hydrogen-bond donors (Lipinski definition) is 2. The lowest BCUT2D eigenvalue weighted by Crippen LogP contribution is -2.34. The molecule has 1 heterocycles. The molecule has 0 aliphatic carbocycles. The molecule has 4 heteroatoms. The SMILES string of the molecule is NC(=O)c1cccc2c1OCC(N)C2. The summed E-state index contributed by atoms with van der Waals surface area (Å²) in [7, 11) is 0. The van der Waals surface area contributed by atoms with Crippen molar-refractivity contribution in [2.45, 2.75) is 12.5 Å². The maximum Gasteiger partial charge on any atom is 0.252 e. The van der Waals surface area contributed by atoms with Gasteiger partial charge >= 0.3 is 0 Å². The molecule has 0 radical (unpaired) electrons.